The number of amides is 1. The summed E-state index contributed by atoms with van der Waals surface area (Å²) in [7, 11) is 0. The Morgan fingerprint density at radius 1 is 1.30 bits per heavy atom. The summed E-state index contributed by atoms with van der Waals surface area (Å²) in [5.74, 6) is 1.08. The van der Waals surface area contributed by atoms with Gasteiger partial charge in [0.15, 0.2) is 0 Å². The Kier molecular flexibility index (Phi) is 3.42. The number of aromatic nitrogens is 3. The predicted molar refractivity (Wildman–Crippen MR) is 83.7 cm³/mol. The first kappa shape index (κ1) is 13.8. The second kappa shape index (κ2) is 5.72. The van der Waals surface area contributed by atoms with Gasteiger partial charge in [0.25, 0.3) is 5.91 Å². The highest BCUT2D eigenvalue weighted by atomic mass is 16.5. The van der Waals surface area contributed by atoms with E-state index < -0.39 is 0 Å². The van der Waals surface area contributed by atoms with E-state index in [4.69, 9.17) is 4.52 Å². The van der Waals surface area contributed by atoms with Gasteiger partial charge in [-0.25, -0.2) is 4.98 Å². The Hall–Kier alpha value is -2.89. The molecule has 4 rings (SSSR count). The van der Waals surface area contributed by atoms with Crippen molar-refractivity contribution in [2.45, 2.75) is 25.4 Å². The largest absolute Gasteiger partial charge is 0.350 e. The number of nitrogens with one attached hydrogen (secondary N) is 1. The van der Waals surface area contributed by atoms with Crippen molar-refractivity contribution in [3.8, 4) is 11.3 Å². The molecule has 0 bridgehead atoms. The Balaban J connectivity index is 1.45. The lowest BCUT2D eigenvalue weighted by Gasteiger charge is -2.24. The standard InChI is InChI=1S/C17H16N4O2/c22-17(19-13-6-7-16-18-8-9-21(16)11-13)15-10-14(20-23-15)12-4-2-1-3-5-12/h1-5,8-10,13H,6-7,11H2,(H,19,22)/t13-/m1/s1. The zero-order chi connectivity index (χ0) is 15.6. The topological polar surface area (TPSA) is 73.0 Å². The molecule has 1 aliphatic rings. The Bertz CT molecular complexity index is 822. The van der Waals surface area contributed by atoms with Gasteiger partial charge >= 0.3 is 0 Å². The fourth-order valence-corrected chi connectivity index (χ4v) is 2.87. The van der Waals surface area contributed by atoms with E-state index in [0.717, 1.165) is 30.8 Å². The molecule has 0 saturated carbocycles. The smallest absolute Gasteiger partial charge is 0.290 e. The number of hydrogen-bond acceptors (Lipinski definition) is 4. The molecule has 1 N–H and O–H groups in total. The molecule has 0 fully saturated rings. The number of carbonyl (C=O) groups is 1. The summed E-state index contributed by atoms with van der Waals surface area (Å²) in [6.07, 6.45) is 5.48. The second-order valence-electron chi connectivity index (χ2n) is 5.65. The summed E-state index contributed by atoms with van der Waals surface area (Å²) in [6, 6.07) is 11.4. The van der Waals surface area contributed by atoms with Gasteiger partial charge in [0.2, 0.25) is 5.76 Å². The van der Waals surface area contributed by atoms with E-state index in [1.165, 1.54) is 0 Å². The molecule has 3 aromatic rings. The quantitative estimate of drug-likeness (QED) is 0.805. The van der Waals surface area contributed by atoms with Crippen LogP contribution in [0.1, 0.15) is 22.8 Å². The third-order valence-electron chi connectivity index (χ3n) is 4.07. The molecule has 1 atom stereocenters. The molecular weight excluding hydrogens is 292 g/mol. The molecule has 2 aromatic heterocycles. The lowest BCUT2D eigenvalue weighted by molar-refractivity contribution is 0.0890. The molecule has 0 radical (unpaired) electrons. The summed E-state index contributed by atoms with van der Waals surface area (Å²) >= 11 is 0. The lowest BCUT2D eigenvalue weighted by atomic mass is 10.1. The molecule has 23 heavy (non-hydrogen) atoms. The molecule has 0 saturated heterocycles. The van der Waals surface area contributed by atoms with Crippen molar-refractivity contribution in [3.63, 3.8) is 0 Å². The maximum Gasteiger partial charge on any atom is 0.290 e. The van der Waals surface area contributed by atoms with Gasteiger partial charge in [-0.3, -0.25) is 4.79 Å². The van der Waals surface area contributed by atoms with Gasteiger partial charge in [0.05, 0.1) is 0 Å². The second-order valence-corrected chi connectivity index (χ2v) is 5.65. The minimum absolute atomic E-state index is 0.0782. The Labute approximate surface area is 133 Å². The van der Waals surface area contributed by atoms with Gasteiger partial charge in [-0.15, -0.1) is 0 Å². The first-order valence-electron chi connectivity index (χ1n) is 7.62. The van der Waals surface area contributed by atoms with Crippen LogP contribution in [0, 0.1) is 0 Å². The van der Waals surface area contributed by atoms with Gasteiger partial charge in [0.1, 0.15) is 11.5 Å². The van der Waals surface area contributed by atoms with Crippen molar-refractivity contribution in [3.05, 3.63) is 60.4 Å². The number of carbonyl (C=O) groups excluding carboxylic acids is 1. The molecule has 1 aliphatic heterocycles. The first-order valence-corrected chi connectivity index (χ1v) is 7.62. The van der Waals surface area contributed by atoms with E-state index in [9.17, 15) is 4.79 Å². The monoisotopic (exact) mass is 308 g/mol. The van der Waals surface area contributed by atoms with Gasteiger partial charge in [0, 0.05) is 43.0 Å². The van der Waals surface area contributed by atoms with Gasteiger partial charge in [-0.2, -0.15) is 0 Å². The van der Waals surface area contributed by atoms with Crippen molar-refractivity contribution in [1.82, 2.24) is 20.0 Å². The Morgan fingerprint density at radius 2 is 2.17 bits per heavy atom. The van der Waals surface area contributed by atoms with Crippen LogP contribution in [0.4, 0.5) is 0 Å². The molecule has 3 heterocycles. The highest BCUT2D eigenvalue weighted by Crippen LogP contribution is 2.19. The van der Waals surface area contributed by atoms with Crippen LogP contribution in [0.25, 0.3) is 11.3 Å². The molecule has 6 heteroatoms. The molecule has 1 amide bonds. The Morgan fingerprint density at radius 3 is 3.04 bits per heavy atom. The molecule has 0 unspecified atom stereocenters. The summed E-state index contributed by atoms with van der Waals surface area (Å²) in [5.41, 5.74) is 1.59. The van der Waals surface area contributed by atoms with Crippen LogP contribution in [0.15, 0.2) is 53.3 Å². The average Bonchev–Trinajstić information content (AvgIpc) is 3.24. The van der Waals surface area contributed by atoms with Gasteiger partial charge in [-0.05, 0) is 6.42 Å². The van der Waals surface area contributed by atoms with Crippen LogP contribution < -0.4 is 5.32 Å². The van der Waals surface area contributed by atoms with Gasteiger partial charge < -0.3 is 14.4 Å². The highest BCUT2D eigenvalue weighted by Gasteiger charge is 2.22. The minimum Gasteiger partial charge on any atom is -0.350 e. The normalized spacial score (nSPS) is 16.8. The molecular formula is C17H16N4O2. The van der Waals surface area contributed by atoms with Crippen LogP contribution in [-0.4, -0.2) is 26.7 Å². The van der Waals surface area contributed by atoms with E-state index >= 15 is 0 Å². The van der Waals surface area contributed by atoms with Crippen LogP contribution >= 0.6 is 0 Å². The summed E-state index contributed by atoms with van der Waals surface area (Å²) in [4.78, 5) is 16.6. The zero-order valence-corrected chi connectivity index (χ0v) is 12.5. The van der Waals surface area contributed by atoms with Crippen LogP contribution in [-0.2, 0) is 13.0 Å². The SMILES string of the molecule is O=C(N[C@@H]1CCc2nccn2C1)c1cc(-c2ccccc2)no1. The third kappa shape index (κ3) is 2.75. The van der Waals surface area contributed by atoms with Crippen molar-refractivity contribution >= 4 is 5.91 Å². The molecule has 0 aliphatic carbocycles. The summed E-state index contributed by atoms with van der Waals surface area (Å²) in [5, 5.41) is 6.99. The van der Waals surface area contributed by atoms with Crippen molar-refractivity contribution < 1.29 is 9.32 Å². The van der Waals surface area contributed by atoms with Crippen LogP contribution in [0.5, 0.6) is 0 Å². The molecule has 1 aromatic carbocycles. The number of aryl methyl sites for hydroxylation is 1. The van der Waals surface area contributed by atoms with E-state index in [1.807, 2.05) is 36.5 Å². The highest BCUT2D eigenvalue weighted by molar-refractivity contribution is 5.92. The summed E-state index contributed by atoms with van der Waals surface area (Å²) < 4.78 is 7.27. The number of fused-ring (bicyclic) bond motifs is 1. The first-order chi connectivity index (χ1) is 11.3. The fourth-order valence-electron chi connectivity index (χ4n) is 2.87. The predicted octanol–water partition coefficient (Wildman–Crippen LogP) is 2.28. The molecule has 0 spiro atoms. The van der Waals surface area contributed by atoms with E-state index in [2.05, 4.69) is 20.0 Å². The van der Waals surface area contributed by atoms with Crippen LogP contribution in [0.3, 0.4) is 0 Å². The number of rotatable bonds is 3. The maximum atomic E-state index is 12.3. The fraction of sp³-hybridized carbons (Fsp3) is 0.235. The van der Waals surface area contributed by atoms with E-state index in [1.54, 1.807) is 12.3 Å². The third-order valence-corrected chi connectivity index (χ3v) is 4.07. The average molecular weight is 308 g/mol. The van der Waals surface area contributed by atoms with E-state index in [0.29, 0.717) is 5.69 Å². The number of imidazole rings is 1. The van der Waals surface area contributed by atoms with Crippen molar-refractivity contribution in [2.75, 3.05) is 0 Å². The molecule has 116 valence electrons. The molecule has 6 nitrogen and oxygen atoms in total. The van der Waals surface area contributed by atoms with Gasteiger partial charge in [-0.1, -0.05) is 35.5 Å². The number of nitrogens with zero attached hydrogens (tertiary/aromatic N) is 3. The zero-order valence-electron chi connectivity index (χ0n) is 12.5. The summed E-state index contributed by atoms with van der Waals surface area (Å²) in [6.45, 7) is 0.737. The lowest BCUT2D eigenvalue weighted by Crippen LogP contribution is -2.40. The number of benzene rings is 1. The van der Waals surface area contributed by atoms with E-state index in [-0.39, 0.29) is 17.7 Å². The number of hydrogen-bond donors (Lipinski definition) is 1. The van der Waals surface area contributed by atoms with Crippen LogP contribution in [0.2, 0.25) is 0 Å². The van der Waals surface area contributed by atoms with Crippen molar-refractivity contribution in [1.29, 1.82) is 0 Å². The minimum atomic E-state index is -0.228. The van der Waals surface area contributed by atoms with Crippen molar-refractivity contribution in [2.24, 2.45) is 0 Å². The maximum absolute atomic E-state index is 12.3.